The van der Waals surface area contributed by atoms with E-state index in [4.69, 9.17) is 0 Å². The molecule has 1 aromatic carbocycles. The van der Waals surface area contributed by atoms with Crippen LogP contribution in [-0.4, -0.2) is 45.2 Å². The first kappa shape index (κ1) is 13.2. The number of amides is 1. The minimum absolute atomic E-state index is 0.0716. The van der Waals surface area contributed by atoms with Gasteiger partial charge in [-0.15, -0.1) is 10.2 Å². The normalized spacial score (nSPS) is 26.5. The van der Waals surface area contributed by atoms with Gasteiger partial charge in [-0.25, -0.2) is 0 Å². The van der Waals surface area contributed by atoms with Crippen LogP contribution in [-0.2, 0) is 4.79 Å². The van der Waals surface area contributed by atoms with Gasteiger partial charge in [0.15, 0.2) is 5.69 Å². The number of rotatable bonds is 2. The van der Waals surface area contributed by atoms with Crippen LogP contribution < -0.4 is 0 Å². The molecule has 2 atom stereocenters. The molecule has 1 aliphatic heterocycles. The minimum Gasteiger partial charge on any atom is -0.481 e. The van der Waals surface area contributed by atoms with Gasteiger partial charge in [0.1, 0.15) is 0 Å². The number of likely N-dealkylation sites (tertiary alicyclic amines) is 1. The highest BCUT2D eigenvalue weighted by Crippen LogP contribution is 2.52. The molecule has 6 nitrogen and oxygen atoms in total. The number of hydrogen-bond acceptors (Lipinski definition) is 4. The maximum Gasteiger partial charge on any atom is 0.311 e. The van der Waals surface area contributed by atoms with Gasteiger partial charge in [-0.05, 0) is 30.9 Å². The molecule has 1 saturated heterocycles. The fraction of sp³-hybridized carbons (Fsp3) is 0.375. The largest absolute Gasteiger partial charge is 0.481 e. The molecule has 2 heterocycles. The van der Waals surface area contributed by atoms with Crippen LogP contribution >= 0.6 is 0 Å². The van der Waals surface area contributed by atoms with Gasteiger partial charge in [-0.1, -0.05) is 18.2 Å². The zero-order valence-electron chi connectivity index (χ0n) is 11.9. The molecular formula is C16H15N3O3. The van der Waals surface area contributed by atoms with Crippen LogP contribution in [0.25, 0.3) is 10.9 Å². The maximum atomic E-state index is 12.6. The van der Waals surface area contributed by atoms with Crippen LogP contribution in [0, 0.1) is 11.3 Å². The van der Waals surface area contributed by atoms with E-state index in [1.807, 2.05) is 24.3 Å². The Morgan fingerprint density at radius 2 is 2.09 bits per heavy atom. The molecule has 0 unspecified atom stereocenters. The van der Waals surface area contributed by atoms with Gasteiger partial charge < -0.3 is 10.0 Å². The molecule has 22 heavy (non-hydrogen) atoms. The van der Waals surface area contributed by atoms with Crippen LogP contribution in [0.5, 0.6) is 0 Å². The Labute approximate surface area is 126 Å². The third-order valence-corrected chi connectivity index (χ3v) is 5.06. The van der Waals surface area contributed by atoms with Crippen molar-refractivity contribution in [2.45, 2.75) is 12.8 Å². The molecular weight excluding hydrogens is 282 g/mol. The first-order chi connectivity index (χ1) is 10.6. The summed E-state index contributed by atoms with van der Waals surface area (Å²) in [6.07, 6.45) is 1.53. The standard InChI is InChI=1S/C16H15N3O3/c20-14(13-7-10-3-1-2-4-12(10)17-18-13)19-8-11-5-6-16(11,9-19)15(21)22/h1-4,7,11H,5-6,8-9H2,(H,21,22)/t11-,16-/m0/s1. The smallest absolute Gasteiger partial charge is 0.311 e. The lowest BCUT2D eigenvalue weighted by atomic mass is 9.62. The Morgan fingerprint density at radius 1 is 1.27 bits per heavy atom. The molecule has 2 aromatic rings. The molecule has 1 aliphatic carbocycles. The third kappa shape index (κ3) is 1.73. The molecule has 6 heteroatoms. The first-order valence-electron chi connectivity index (χ1n) is 7.35. The van der Waals surface area contributed by atoms with Gasteiger partial charge in [0, 0.05) is 18.5 Å². The highest BCUT2D eigenvalue weighted by atomic mass is 16.4. The third-order valence-electron chi connectivity index (χ3n) is 5.06. The summed E-state index contributed by atoms with van der Waals surface area (Å²) in [5.41, 5.74) is 0.281. The molecule has 1 N–H and O–H groups in total. The highest BCUT2D eigenvalue weighted by Gasteiger charge is 2.59. The lowest BCUT2D eigenvalue weighted by Crippen LogP contribution is -2.46. The van der Waals surface area contributed by atoms with E-state index in [9.17, 15) is 14.7 Å². The number of carbonyl (C=O) groups is 2. The fourth-order valence-electron chi connectivity index (χ4n) is 3.60. The van der Waals surface area contributed by atoms with Crippen molar-refractivity contribution in [3.63, 3.8) is 0 Å². The molecule has 0 spiro atoms. The van der Waals surface area contributed by atoms with Crippen molar-refractivity contribution in [1.29, 1.82) is 0 Å². The van der Waals surface area contributed by atoms with Crippen molar-refractivity contribution in [2.75, 3.05) is 13.1 Å². The number of carbonyl (C=O) groups excluding carboxylic acids is 1. The summed E-state index contributed by atoms with van der Waals surface area (Å²) in [6, 6.07) is 9.19. The fourth-order valence-corrected chi connectivity index (χ4v) is 3.60. The summed E-state index contributed by atoms with van der Waals surface area (Å²) in [7, 11) is 0. The number of nitrogens with zero attached hydrogens (tertiary/aromatic N) is 3. The lowest BCUT2D eigenvalue weighted by molar-refractivity contribution is -0.156. The van der Waals surface area contributed by atoms with Crippen LogP contribution in [0.4, 0.5) is 0 Å². The molecule has 2 fully saturated rings. The predicted octanol–water partition coefficient (Wildman–Crippen LogP) is 1.57. The van der Waals surface area contributed by atoms with E-state index in [0.29, 0.717) is 13.0 Å². The van der Waals surface area contributed by atoms with Crippen LogP contribution in [0.15, 0.2) is 30.3 Å². The molecule has 1 saturated carbocycles. The van der Waals surface area contributed by atoms with Gasteiger partial charge in [0.25, 0.3) is 5.91 Å². The van der Waals surface area contributed by atoms with Gasteiger partial charge in [0.2, 0.25) is 0 Å². The zero-order chi connectivity index (χ0) is 15.3. The van der Waals surface area contributed by atoms with Crippen molar-refractivity contribution < 1.29 is 14.7 Å². The number of aromatic nitrogens is 2. The van der Waals surface area contributed by atoms with E-state index >= 15 is 0 Å². The molecule has 2 aliphatic rings. The summed E-state index contributed by atoms with van der Waals surface area (Å²) in [6.45, 7) is 0.778. The molecule has 0 bridgehead atoms. The molecule has 1 aromatic heterocycles. The monoisotopic (exact) mass is 297 g/mol. The van der Waals surface area contributed by atoms with E-state index in [-0.39, 0.29) is 24.1 Å². The van der Waals surface area contributed by atoms with Gasteiger partial charge >= 0.3 is 5.97 Å². The van der Waals surface area contributed by atoms with Gasteiger partial charge in [-0.2, -0.15) is 0 Å². The number of hydrogen-bond donors (Lipinski definition) is 1. The van der Waals surface area contributed by atoms with E-state index in [0.717, 1.165) is 17.3 Å². The Morgan fingerprint density at radius 3 is 2.77 bits per heavy atom. The SMILES string of the molecule is O=C(c1cc2ccccc2nn1)N1C[C@@H]2CC[C@]2(C(=O)O)C1. The van der Waals surface area contributed by atoms with Crippen LogP contribution in [0.2, 0.25) is 0 Å². The second-order valence-corrected chi connectivity index (χ2v) is 6.17. The van der Waals surface area contributed by atoms with Gasteiger partial charge in [0.05, 0.1) is 10.9 Å². The predicted molar refractivity (Wildman–Crippen MR) is 78.2 cm³/mol. The second-order valence-electron chi connectivity index (χ2n) is 6.17. The zero-order valence-corrected chi connectivity index (χ0v) is 11.9. The number of carboxylic acids is 1. The number of carboxylic acid groups (broad SMARTS) is 1. The molecule has 4 rings (SSSR count). The second kappa shape index (κ2) is 4.50. The Balaban J connectivity index is 1.63. The average molecular weight is 297 g/mol. The van der Waals surface area contributed by atoms with E-state index in [2.05, 4.69) is 10.2 Å². The summed E-state index contributed by atoms with van der Waals surface area (Å²) in [5.74, 6) is -0.945. The van der Waals surface area contributed by atoms with Crippen molar-refractivity contribution in [3.05, 3.63) is 36.0 Å². The number of benzene rings is 1. The number of aliphatic carboxylic acids is 1. The van der Waals surface area contributed by atoms with Gasteiger partial charge in [-0.3, -0.25) is 9.59 Å². The maximum absolute atomic E-state index is 12.6. The van der Waals surface area contributed by atoms with Crippen molar-refractivity contribution in [3.8, 4) is 0 Å². The van der Waals surface area contributed by atoms with Crippen molar-refractivity contribution in [1.82, 2.24) is 15.1 Å². The summed E-state index contributed by atoms with van der Waals surface area (Å²) in [4.78, 5) is 25.7. The van der Waals surface area contributed by atoms with Crippen molar-refractivity contribution in [2.24, 2.45) is 11.3 Å². The first-order valence-corrected chi connectivity index (χ1v) is 7.35. The molecule has 112 valence electrons. The van der Waals surface area contributed by atoms with Crippen molar-refractivity contribution >= 4 is 22.8 Å². The summed E-state index contributed by atoms with van der Waals surface area (Å²) < 4.78 is 0. The minimum atomic E-state index is -0.788. The molecule has 0 radical (unpaired) electrons. The van der Waals surface area contributed by atoms with E-state index in [1.54, 1.807) is 11.0 Å². The Bertz CT molecular complexity index is 791. The lowest BCUT2D eigenvalue weighted by Gasteiger charge is -2.39. The Kier molecular flexibility index (Phi) is 2.69. The highest BCUT2D eigenvalue weighted by molar-refractivity contribution is 5.96. The van der Waals surface area contributed by atoms with Crippen LogP contribution in [0.3, 0.4) is 0 Å². The number of fused-ring (bicyclic) bond motifs is 2. The summed E-state index contributed by atoms with van der Waals surface area (Å²) >= 11 is 0. The topological polar surface area (TPSA) is 83.4 Å². The van der Waals surface area contributed by atoms with E-state index < -0.39 is 11.4 Å². The van der Waals surface area contributed by atoms with Crippen LogP contribution in [0.1, 0.15) is 23.3 Å². The average Bonchev–Trinajstić information content (AvgIpc) is 2.78. The molecule has 1 amide bonds. The Hall–Kier alpha value is -2.50. The summed E-state index contributed by atoms with van der Waals surface area (Å²) in [5, 5.41) is 18.4. The van der Waals surface area contributed by atoms with E-state index in [1.165, 1.54) is 0 Å². The quantitative estimate of drug-likeness (QED) is 0.909.